The molecule has 0 saturated heterocycles. The summed E-state index contributed by atoms with van der Waals surface area (Å²) in [4.78, 5) is 12.0. The molecule has 128 valence electrons. The third-order valence-electron chi connectivity index (χ3n) is 4.20. The Hall–Kier alpha value is -3.16. The van der Waals surface area contributed by atoms with E-state index in [1.807, 2.05) is 17.7 Å². The van der Waals surface area contributed by atoms with Gasteiger partial charge in [0.1, 0.15) is 11.2 Å². The zero-order chi connectivity index (χ0) is 17.7. The van der Waals surface area contributed by atoms with E-state index in [9.17, 15) is 8.78 Å². The molecule has 0 unspecified atom stereocenters. The highest BCUT2D eigenvalue weighted by Crippen LogP contribution is 2.33. The maximum absolute atomic E-state index is 13.8. The van der Waals surface area contributed by atoms with Crippen LogP contribution in [0.1, 0.15) is 0 Å². The number of hydrogen-bond acceptors (Lipinski definition) is 4. The molecule has 0 radical (unpaired) electrons. The molecule has 2 N–H and O–H groups in total. The topological polar surface area (TPSA) is 67.8 Å². The fraction of sp³-hybridized carbons (Fsp3) is 0.176. The molecule has 3 heterocycles. The van der Waals surface area contributed by atoms with Gasteiger partial charge in [-0.25, -0.2) is 14.4 Å². The number of methoxy groups -OCH3 is 1. The van der Waals surface area contributed by atoms with Gasteiger partial charge in [0, 0.05) is 30.7 Å². The molecule has 0 saturated carbocycles. The number of nitrogens with zero attached hydrogens (tertiary/aromatic N) is 3. The molecule has 4 aromatic rings. The van der Waals surface area contributed by atoms with Gasteiger partial charge in [-0.1, -0.05) is 0 Å². The Kier molecular flexibility index (Phi) is 3.34. The number of H-pyrrole nitrogens is 1. The van der Waals surface area contributed by atoms with E-state index >= 15 is 0 Å². The van der Waals surface area contributed by atoms with Crippen molar-refractivity contribution >= 4 is 27.9 Å². The second-order valence-electron chi connectivity index (χ2n) is 5.68. The molecule has 6 nitrogen and oxygen atoms in total. The van der Waals surface area contributed by atoms with Crippen molar-refractivity contribution in [1.29, 1.82) is 0 Å². The van der Waals surface area contributed by atoms with Crippen LogP contribution < -0.4 is 10.1 Å². The molecule has 0 bridgehead atoms. The van der Waals surface area contributed by atoms with Crippen molar-refractivity contribution in [3.63, 3.8) is 0 Å². The Balaban J connectivity index is 2.00. The quantitative estimate of drug-likeness (QED) is 0.598. The van der Waals surface area contributed by atoms with Gasteiger partial charge in [0.15, 0.2) is 17.4 Å². The Morgan fingerprint density at radius 2 is 2.04 bits per heavy atom. The normalized spacial score (nSPS) is 11.4. The largest absolute Gasteiger partial charge is 0.494 e. The van der Waals surface area contributed by atoms with Crippen LogP contribution in [0.25, 0.3) is 33.3 Å². The molecule has 0 fully saturated rings. The first-order valence-corrected chi connectivity index (χ1v) is 7.58. The zero-order valence-electron chi connectivity index (χ0n) is 13.8. The van der Waals surface area contributed by atoms with Gasteiger partial charge < -0.3 is 19.6 Å². The summed E-state index contributed by atoms with van der Waals surface area (Å²) >= 11 is 0. The minimum absolute atomic E-state index is 0.150. The van der Waals surface area contributed by atoms with Crippen molar-refractivity contribution in [2.75, 3.05) is 19.5 Å². The number of fused-ring (bicyclic) bond motifs is 3. The lowest BCUT2D eigenvalue weighted by molar-refractivity contribution is 0.372. The Bertz CT molecular complexity index is 1120. The lowest BCUT2D eigenvalue weighted by Crippen LogP contribution is -1.95. The van der Waals surface area contributed by atoms with E-state index in [4.69, 9.17) is 4.74 Å². The maximum atomic E-state index is 13.8. The molecular formula is C17H15F2N5O. The first kappa shape index (κ1) is 15.4. The van der Waals surface area contributed by atoms with E-state index in [2.05, 4.69) is 20.3 Å². The van der Waals surface area contributed by atoms with Gasteiger partial charge in [0.05, 0.1) is 19.0 Å². The van der Waals surface area contributed by atoms with Crippen LogP contribution in [0.5, 0.6) is 5.75 Å². The van der Waals surface area contributed by atoms with Crippen LogP contribution in [-0.2, 0) is 7.05 Å². The van der Waals surface area contributed by atoms with E-state index in [1.54, 1.807) is 13.4 Å². The van der Waals surface area contributed by atoms with E-state index < -0.39 is 11.6 Å². The number of hydrogen-bond donors (Lipinski definition) is 2. The van der Waals surface area contributed by atoms with Gasteiger partial charge in [-0.2, -0.15) is 4.39 Å². The van der Waals surface area contributed by atoms with Crippen LogP contribution in [-0.4, -0.2) is 33.7 Å². The van der Waals surface area contributed by atoms with Crippen LogP contribution in [0.3, 0.4) is 0 Å². The highest BCUT2D eigenvalue weighted by Gasteiger charge is 2.17. The number of anilines is 1. The van der Waals surface area contributed by atoms with E-state index in [0.717, 1.165) is 22.5 Å². The second kappa shape index (κ2) is 5.44. The number of ether oxygens (including phenoxy) is 1. The van der Waals surface area contributed by atoms with Crippen molar-refractivity contribution in [2.45, 2.75) is 0 Å². The van der Waals surface area contributed by atoms with Crippen molar-refractivity contribution < 1.29 is 13.5 Å². The summed E-state index contributed by atoms with van der Waals surface area (Å²) in [5.74, 6) is -1.49. The third-order valence-corrected chi connectivity index (χ3v) is 4.20. The van der Waals surface area contributed by atoms with Crippen LogP contribution in [0.4, 0.5) is 14.6 Å². The average Bonchev–Trinajstić information content (AvgIpc) is 3.20. The Morgan fingerprint density at radius 1 is 1.24 bits per heavy atom. The first-order chi connectivity index (χ1) is 12.0. The predicted molar refractivity (Wildman–Crippen MR) is 91.8 cm³/mol. The van der Waals surface area contributed by atoms with Crippen molar-refractivity contribution in [3.05, 3.63) is 36.2 Å². The lowest BCUT2D eigenvalue weighted by atomic mass is 10.1. The molecule has 0 atom stereocenters. The molecular weight excluding hydrogens is 328 g/mol. The van der Waals surface area contributed by atoms with Crippen LogP contribution >= 0.6 is 0 Å². The second-order valence-corrected chi connectivity index (χ2v) is 5.68. The lowest BCUT2D eigenvalue weighted by Gasteiger charge is -2.05. The number of halogens is 2. The van der Waals surface area contributed by atoms with Crippen molar-refractivity contribution in [1.82, 2.24) is 19.5 Å². The summed E-state index contributed by atoms with van der Waals surface area (Å²) in [6, 6.07) is 4.42. The van der Waals surface area contributed by atoms with Gasteiger partial charge in [-0.05, 0) is 18.2 Å². The molecule has 25 heavy (non-hydrogen) atoms. The molecule has 3 aromatic heterocycles. The molecule has 8 heteroatoms. The number of benzene rings is 1. The molecule has 0 aliphatic rings. The van der Waals surface area contributed by atoms with E-state index in [1.165, 1.54) is 13.2 Å². The summed E-state index contributed by atoms with van der Waals surface area (Å²) in [6.45, 7) is 0. The number of nitrogens with one attached hydrogen (secondary N) is 2. The molecule has 0 amide bonds. The van der Waals surface area contributed by atoms with Crippen LogP contribution in [0.2, 0.25) is 0 Å². The number of aromatic amines is 1. The monoisotopic (exact) mass is 343 g/mol. The van der Waals surface area contributed by atoms with Crippen molar-refractivity contribution in [2.24, 2.45) is 7.05 Å². The molecule has 0 aliphatic heterocycles. The summed E-state index contributed by atoms with van der Waals surface area (Å²) in [5, 5.41) is 3.86. The Labute approximate surface area is 141 Å². The highest BCUT2D eigenvalue weighted by molar-refractivity contribution is 6.07. The standard InChI is InChI=1S/C17H15F2N5O/c1-20-17-14-15(24(2)7-21-14)9-6-11(22-16(9)23-17)8-4-10(18)13(19)12(5-8)25-3/h4-7H,1-3H3,(H2,20,22,23). The van der Waals surface area contributed by atoms with Gasteiger partial charge in [-0.3, -0.25) is 0 Å². The number of pyridine rings is 1. The van der Waals surface area contributed by atoms with Gasteiger partial charge in [0.25, 0.3) is 0 Å². The van der Waals surface area contributed by atoms with Crippen molar-refractivity contribution in [3.8, 4) is 17.0 Å². The average molecular weight is 343 g/mol. The van der Waals surface area contributed by atoms with Crippen LogP contribution in [0.15, 0.2) is 24.5 Å². The predicted octanol–water partition coefficient (Wildman–Crippen LogP) is 3.45. The zero-order valence-corrected chi connectivity index (χ0v) is 13.8. The van der Waals surface area contributed by atoms with Gasteiger partial charge >= 0.3 is 0 Å². The highest BCUT2D eigenvalue weighted by atomic mass is 19.2. The molecule has 0 spiro atoms. The van der Waals surface area contributed by atoms with E-state index in [-0.39, 0.29) is 5.75 Å². The molecule has 4 rings (SSSR count). The fourth-order valence-corrected chi connectivity index (χ4v) is 3.00. The fourth-order valence-electron chi connectivity index (χ4n) is 3.00. The SMILES string of the molecule is CNc1nc2[nH]c(-c3cc(F)c(F)c(OC)c3)cc2c2c1ncn2C. The third kappa shape index (κ3) is 2.21. The Morgan fingerprint density at radius 3 is 2.76 bits per heavy atom. The smallest absolute Gasteiger partial charge is 0.200 e. The first-order valence-electron chi connectivity index (χ1n) is 7.58. The number of aryl methyl sites for hydroxylation is 1. The summed E-state index contributed by atoms with van der Waals surface area (Å²) in [6.07, 6.45) is 1.71. The number of aromatic nitrogens is 4. The summed E-state index contributed by atoms with van der Waals surface area (Å²) in [7, 11) is 4.96. The minimum Gasteiger partial charge on any atom is -0.494 e. The summed E-state index contributed by atoms with van der Waals surface area (Å²) in [5.41, 5.74) is 3.34. The number of rotatable bonds is 3. The minimum atomic E-state index is -1.01. The maximum Gasteiger partial charge on any atom is 0.200 e. The number of imidazole rings is 1. The van der Waals surface area contributed by atoms with Gasteiger partial charge in [-0.15, -0.1) is 0 Å². The molecule has 1 aromatic carbocycles. The van der Waals surface area contributed by atoms with E-state index in [0.29, 0.717) is 22.7 Å². The molecule has 0 aliphatic carbocycles. The van der Waals surface area contributed by atoms with Crippen LogP contribution in [0, 0.1) is 11.6 Å². The van der Waals surface area contributed by atoms with Gasteiger partial charge in [0.2, 0.25) is 5.82 Å². The summed E-state index contributed by atoms with van der Waals surface area (Å²) < 4.78 is 34.3.